The van der Waals surface area contributed by atoms with Crippen molar-refractivity contribution >= 4 is 49.6 Å². The lowest BCUT2D eigenvalue weighted by Crippen LogP contribution is -2.27. The average molecular weight is 636 g/mol. The van der Waals surface area contributed by atoms with Gasteiger partial charge in [0, 0.05) is 34.8 Å². The van der Waals surface area contributed by atoms with E-state index in [-0.39, 0.29) is 24.7 Å². The van der Waals surface area contributed by atoms with Gasteiger partial charge in [0.1, 0.15) is 5.82 Å². The Labute approximate surface area is 242 Å². The number of aliphatic hydroxyl groups is 2. The minimum atomic E-state index is -3.66. The minimum absolute atomic E-state index is 0.0459. The number of sulfonamides is 1. The second-order valence-electron chi connectivity index (χ2n) is 9.64. The highest BCUT2D eigenvalue weighted by Gasteiger charge is 2.22. The topological polar surface area (TPSA) is 133 Å². The molecule has 214 valence electrons. The maximum atomic E-state index is 13.7. The Kier molecular flexibility index (Phi) is 10.5. The van der Waals surface area contributed by atoms with E-state index in [2.05, 4.69) is 31.2 Å². The molecule has 3 rings (SSSR count). The number of nitrogens with one attached hydrogen (secondary N) is 1. The molecular formula is C28H32BrFN4O5S. The fraction of sp³-hybridized carbons (Fsp3) is 0.321. The van der Waals surface area contributed by atoms with Gasteiger partial charge in [-0.1, -0.05) is 41.9 Å². The van der Waals surface area contributed by atoms with Gasteiger partial charge in [0.2, 0.25) is 21.9 Å². The fourth-order valence-corrected chi connectivity index (χ4v) is 4.45. The van der Waals surface area contributed by atoms with Crippen LogP contribution >= 0.6 is 15.9 Å². The molecule has 0 fully saturated rings. The van der Waals surface area contributed by atoms with E-state index in [0.29, 0.717) is 28.2 Å². The first-order valence-corrected chi connectivity index (χ1v) is 15.1. The Morgan fingerprint density at radius 3 is 2.30 bits per heavy atom. The third kappa shape index (κ3) is 8.65. The largest absolute Gasteiger partial charge is 0.392 e. The van der Waals surface area contributed by atoms with Crippen LogP contribution in [0.5, 0.6) is 0 Å². The van der Waals surface area contributed by atoms with Crippen LogP contribution < -0.4 is 9.62 Å². The number of anilines is 2. The van der Waals surface area contributed by atoms with Crippen molar-refractivity contribution in [2.45, 2.75) is 44.8 Å². The molecule has 0 radical (unpaired) electrons. The monoisotopic (exact) mass is 634 g/mol. The number of carbonyl (C=O) groups excluding carboxylic acids is 1. The summed E-state index contributed by atoms with van der Waals surface area (Å²) in [5.41, 5.74) is 2.47. The number of benzene rings is 2. The van der Waals surface area contributed by atoms with Crippen LogP contribution in [0.1, 0.15) is 43.9 Å². The molecule has 1 amide bonds. The Hall–Kier alpha value is -3.19. The zero-order valence-corrected chi connectivity index (χ0v) is 24.9. The van der Waals surface area contributed by atoms with Crippen LogP contribution in [-0.2, 0) is 14.8 Å². The Morgan fingerprint density at radius 2 is 1.73 bits per heavy atom. The molecule has 0 aliphatic heterocycles. The van der Waals surface area contributed by atoms with Gasteiger partial charge in [0.25, 0.3) is 0 Å². The lowest BCUT2D eigenvalue weighted by Gasteiger charge is -2.20. The lowest BCUT2D eigenvalue weighted by molar-refractivity contribution is -0.118. The third-order valence-corrected chi connectivity index (χ3v) is 7.64. The number of halogens is 2. The van der Waals surface area contributed by atoms with Gasteiger partial charge < -0.3 is 15.5 Å². The van der Waals surface area contributed by atoms with Crippen LogP contribution in [0.15, 0.2) is 59.1 Å². The Balaban J connectivity index is 1.86. The van der Waals surface area contributed by atoms with Crippen molar-refractivity contribution < 1.29 is 27.8 Å². The molecule has 0 bridgehead atoms. The molecule has 2 atom stereocenters. The second-order valence-corrected chi connectivity index (χ2v) is 12.6. The summed E-state index contributed by atoms with van der Waals surface area (Å²) in [7, 11) is -2.32. The van der Waals surface area contributed by atoms with Crippen LogP contribution in [0.3, 0.4) is 0 Å². The van der Waals surface area contributed by atoms with Gasteiger partial charge in [-0.05, 0) is 54.4 Å². The zero-order chi connectivity index (χ0) is 29.6. The van der Waals surface area contributed by atoms with Crippen molar-refractivity contribution in [2.75, 3.05) is 22.9 Å². The van der Waals surface area contributed by atoms with E-state index < -0.39 is 34.0 Å². The van der Waals surface area contributed by atoms with Crippen molar-refractivity contribution in [3.8, 4) is 11.3 Å². The fourth-order valence-electron chi connectivity index (χ4n) is 3.80. The van der Waals surface area contributed by atoms with Crippen LogP contribution in [0, 0.1) is 5.82 Å². The first kappa shape index (κ1) is 31.3. The number of hydrogen-bond acceptors (Lipinski definition) is 7. The maximum absolute atomic E-state index is 13.7. The number of amides is 1. The predicted octanol–water partition coefficient (Wildman–Crippen LogP) is 4.72. The molecule has 1 heterocycles. The highest BCUT2D eigenvalue weighted by molar-refractivity contribution is 9.10. The van der Waals surface area contributed by atoms with Gasteiger partial charge in [-0.15, -0.1) is 0 Å². The summed E-state index contributed by atoms with van der Waals surface area (Å²) in [5, 5.41) is 23.7. The van der Waals surface area contributed by atoms with Crippen molar-refractivity contribution in [3.63, 3.8) is 0 Å². The molecule has 3 N–H and O–H groups in total. The predicted molar refractivity (Wildman–Crippen MR) is 158 cm³/mol. The SMILES string of the molecule is CC(C)c1nc(N(C)S(C)(=O)=O)nc(-c2ccc(F)cc2)c1C=C[C@@H](O)C[C@@H](O)CC(=O)Nc1ccc(Br)cc1. The number of aromatic nitrogens is 2. The number of nitrogens with zero attached hydrogens (tertiary/aromatic N) is 3. The molecule has 0 unspecified atom stereocenters. The van der Waals surface area contributed by atoms with Gasteiger partial charge in [-0.25, -0.2) is 27.1 Å². The number of hydrogen-bond donors (Lipinski definition) is 3. The molecule has 1 aromatic heterocycles. The van der Waals surface area contributed by atoms with Crippen molar-refractivity contribution in [1.29, 1.82) is 0 Å². The van der Waals surface area contributed by atoms with E-state index in [1.165, 1.54) is 37.4 Å². The Bertz CT molecular complexity index is 1470. The molecule has 0 aliphatic rings. The zero-order valence-electron chi connectivity index (χ0n) is 22.5. The molecule has 12 heteroatoms. The van der Waals surface area contributed by atoms with E-state index in [4.69, 9.17) is 0 Å². The summed E-state index contributed by atoms with van der Waals surface area (Å²) in [5.74, 6) is -1.05. The van der Waals surface area contributed by atoms with Crippen LogP contribution in [0.25, 0.3) is 17.3 Å². The van der Waals surface area contributed by atoms with E-state index in [9.17, 15) is 27.8 Å². The first-order chi connectivity index (χ1) is 18.7. The molecule has 0 spiro atoms. The first-order valence-electron chi connectivity index (χ1n) is 12.5. The number of rotatable bonds is 11. The molecular weight excluding hydrogens is 603 g/mol. The Morgan fingerprint density at radius 1 is 1.10 bits per heavy atom. The molecule has 0 aliphatic carbocycles. The van der Waals surface area contributed by atoms with Gasteiger partial charge in [0.05, 0.1) is 36.3 Å². The molecule has 0 saturated carbocycles. The standard InChI is InChI=1S/C28H32BrFN4O5S/c1-17(2)26-24(14-13-22(35)15-23(36)16-25(37)31-21-11-7-19(29)8-12-21)27(18-5-9-20(30)10-6-18)33-28(32-26)34(3)40(4,38)39/h5-14,17,22-23,35-36H,15-16H2,1-4H3,(H,31,37)/t22-,23-/m1/s1. The quantitative estimate of drug-likeness (QED) is 0.278. The minimum Gasteiger partial charge on any atom is -0.392 e. The van der Waals surface area contributed by atoms with E-state index >= 15 is 0 Å². The lowest BCUT2D eigenvalue weighted by atomic mass is 9.97. The molecule has 2 aromatic carbocycles. The summed E-state index contributed by atoms with van der Waals surface area (Å²) in [6.07, 6.45) is 1.54. The molecule has 40 heavy (non-hydrogen) atoms. The van der Waals surface area contributed by atoms with E-state index in [1.807, 2.05) is 13.8 Å². The highest BCUT2D eigenvalue weighted by atomic mass is 79.9. The van der Waals surface area contributed by atoms with Gasteiger partial charge >= 0.3 is 0 Å². The van der Waals surface area contributed by atoms with Crippen LogP contribution in [-0.4, -0.2) is 60.0 Å². The van der Waals surface area contributed by atoms with E-state index in [1.54, 1.807) is 30.3 Å². The van der Waals surface area contributed by atoms with Crippen molar-refractivity contribution in [3.05, 3.63) is 76.2 Å². The van der Waals surface area contributed by atoms with Gasteiger partial charge in [0.15, 0.2) is 0 Å². The van der Waals surface area contributed by atoms with Crippen molar-refractivity contribution in [2.24, 2.45) is 0 Å². The summed E-state index contributed by atoms with van der Waals surface area (Å²) in [6.45, 7) is 3.76. The van der Waals surface area contributed by atoms with Crippen LogP contribution in [0.4, 0.5) is 16.0 Å². The summed E-state index contributed by atoms with van der Waals surface area (Å²) in [6, 6.07) is 12.6. The summed E-state index contributed by atoms with van der Waals surface area (Å²) < 4.78 is 39.9. The van der Waals surface area contributed by atoms with Gasteiger partial charge in [-0.2, -0.15) is 0 Å². The molecule has 0 saturated heterocycles. The molecule has 9 nitrogen and oxygen atoms in total. The van der Waals surface area contributed by atoms with Gasteiger partial charge in [-0.3, -0.25) is 4.79 Å². The second kappa shape index (κ2) is 13.4. The highest BCUT2D eigenvalue weighted by Crippen LogP contribution is 2.31. The number of carbonyl (C=O) groups is 1. The smallest absolute Gasteiger partial charge is 0.239 e. The maximum Gasteiger partial charge on any atom is 0.239 e. The number of aliphatic hydroxyl groups excluding tert-OH is 2. The van der Waals surface area contributed by atoms with Crippen molar-refractivity contribution in [1.82, 2.24) is 9.97 Å². The third-order valence-electron chi connectivity index (χ3n) is 5.95. The summed E-state index contributed by atoms with van der Waals surface area (Å²) >= 11 is 3.32. The van der Waals surface area contributed by atoms with E-state index in [0.717, 1.165) is 15.0 Å². The summed E-state index contributed by atoms with van der Waals surface area (Å²) in [4.78, 5) is 21.3. The normalized spacial score (nSPS) is 13.4. The molecule has 3 aromatic rings. The van der Waals surface area contributed by atoms with Crippen LogP contribution in [0.2, 0.25) is 0 Å². The average Bonchev–Trinajstić information content (AvgIpc) is 2.87.